The minimum Gasteiger partial charge on any atom is -0.294 e. The molecule has 0 unspecified atom stereocenters. The van der Waals surface area contributed by atoms with Gasteiger partial charge >= 0.3 is 0 Å². The molecular weight excluding hydrogens is 208 g/mol. The van der Waals surface area contributed by atoms with Gasteiger partial charge in [-0.2, -0.15) is 0 Å². The van der Waals surface area contributed by atoms with Gasteiger partial charge in [0.2, 0.25) is 11.8 Å². The lowest BCUT2D eigenvalue weighted by Gasteiger charge is -2.24. The lowest BCUT2D eigenvalue weighted by Crippen LogP contribution is -2.46. The molecule has 16 heavy (non-hydrogen) atoms. The van der Waals surface area contributed by atoms with Crippen molar-refractivity contribution in [3.63, 3.8) is 0 Å². The molecule has 0 atom stereocenters. The fourth-order valence-electron chi connectivity index (χ4n) is 2.29. The fraction of sp³-hybridized carbons (Fsp3) is 0.800. The van der Waals surface area contributed by atoms with Gasteiger partial charge in [-0.15, -0.1) is 0 Å². The fourth-order valence-corrected chi connectivity index (χ4v) is 2.29. The van der Waals surface area contributed by atoms with Crippen LogP contribution in [0.2, 0.25) is 0 Å². The van der Waals surface area contributed by atoms with Crippen LogP contribution in [0.3, 0.4) is 0 Å². The van der Waals surface area contributed by atoms with Crippen LogP contribution in [0.5, 0.6) is 0 Å². The number of nitrogens with one attached hydrogen (secondary N) is 2. The number of carbonyl (C=O) groups excluding carboxylic acids is 2. The van der Waals surface area contributed by atoms with Crippen molar-refractivity contribution >= 4 is 11.8 Å². The van der Waals surface area contributed by atoms with E-state index in [1.165, 1.54) is 19.3 Å². The summed E-state index contributed by atoms with van der Waals surface area (Å²) in [5.41, 5.74) is 4.03. The van der Waals surface area contributed by atoms with Crippen molar-refractivity contribution in [2.45, 2.75) is 38.5 Å². The van der Waals surface area contributed by atoms with Gasteiger partial charge in [-0.1, -0.05) is 32.1 Å². The molecule has 0 saturated heterocycles. The number of rotatable bonds is 4. The summed E-state index contributed by atoms with van der Waals surface area (Å²) in [5, 5.41) is 0. The van der Waals surface area contributed by atoms with Crippen LogP contribution >= 0.6 is 0 Å². The highest BCUT2D eigenvalue weighted by molar-refractivity contribution is 5.99. The largest absolute Gasteiger partial charge is 0.294 e. The first-order chi connectivity index (χ1) is 7.69. The van der Waals surface area contributed by atoms with E-state index < -0.39 is 17.7 Å². The van der Waals surface area contributed by atoms with Crippen LogP contribution in [0.25, 0.3) is 0 Å². The quantitative estimate of drug-likeness (QED) is 0.226. The van der Waals surface area contributed by atoms with Gasteiger partial charge in [-0.25, -0.2) is 11.7 Å². The Morgan fingerprint density at radius 3 is 2.00 bits per heavy atom. The molecule has 0 heterocycles. The van der Waals surface area contributed by atoms with Gasteiger partial charge < -0.3 is 0 Å². The molecule has 0 aromatic heterocycles. The maximum atomic E-state index is 11.4. The van der Waals surface area contributed by atoms with Crippen molar-refractivity contribution < 1.29 is 9.59 Å². The monoisotopic (exact) mass is 228 g/mol. The second kappa shape index (κ2) is 6.44. The molecule has 0 aromatic rings. The van der Waals surface area contributed by atoms with Gasteiger partial charge in [-0.05, 0) is 12.3 Å². The van der Waals surface area contributed by atoms with Gasteiger partial charge in [0.15, 0.2) is 0 Å². The van der Waals surface area contributed by atoms with Crippen LogP contribution in [-0.2, 0) is 9.59 Å². The average molecular weight is 228 g/mol. The molecule has 0 aromatic carbocycles. The topological polar surface area (TPSA) is 110 Å². The number of carbonyl (C=O) groups is 2. The molecule has 1 aliphatic rings. The molecule has 2 amide bonds. The molecule has 0 aliphatic heterocycles. The third-order valence-electron chi connectivity index (χ3n) is 3.21. The van der Waals surface area contributed by atoms with Crippen molar-refractivity contribution in [1.29, 1.82) is 0 Å². The van der Waals surface area contributed by atoms with Crippen LogP contribution in [-0.4, -0.2) is 11.8 Å². The van der Waals surface area contributed by atoms with E-state index in [0.29, 0.717) is 12.3 Å². The summed E-state index contributed by atoms with van der Waals surface area (Å²) in [6, 6.07) is 0. The summed E-state index contributed by atoms with van der Waals surface area (Å²) in [6.07, 6.45) is 6.27. The first-order valence-electron chi connectivity index (χ1n) is 5.70. The molecule has 1 rings (SSSR count). The van der Waals surface area contributed by atoms with Crippen molar-refractivity contribution in [3.8, 4) is 0 Å². The Balaban J connectivity index is 2.54. The Hall–Kier alpha value is -1.14. The zero-order valence-electron chi connectivity index (χ0n) is 9.37. The van der Waals surface area contributed by atoms with Crippen LogP contribution in [0.4, 0.5) is 0 Å². The molecule has 1 fully saturated rings. The van der Waals surface area contributed by atoms with Crippen LogP contribution < -0.4 is 22.5 Å². The van der Waals surface area contributed by atoms with Crippen molar-refractivity contribution in [2.75, 3.05) is 0 Å². The molecule has 1 aliphatic carbocycles. The van der Waals surface area contributed by atoms with Gasteiger partial charge in [0.1, 0.15) is 5.92 Å². The Kier molecular flexibility index (Phi) is 5.21. The molecule has 0 spiro atoms. The number of hydrogen-bond donors (Lipinski definition) is 4. The predicted octanol–water partition coefficient (Wildman–Crippen LogP) is -0.447. The molecule has 6 heteroatoms. The Bertz CT molecular complexity index is 235. The van der Waals surface area contributed by atoms with E-state index in [1.807, 2.05) is 10.9 Å². The first-order valence-corrected chi connectivity index (χ1v) is 5.70. The number of hydrogen-bond acceptors (Lipinski definition) is 4. The van der Waals surface area contributed by atoms with Gasteiger partial charge in [0.25, 0.3) is 0 Å². The first kappa shape index (κ1) is 12.9. The lowest BCUT2D eigenvalue weighted by molar-refractivity contribution is -0.136. The summed E-state index contributed by atoms with van der Waals surface area (Å²) >= 11 is 0. The number of nitrogens with two attached hydrogens (primary N) is 2. The molecule has 0 bridgehead atoms. The zero-order valence-corrected chi connectivity index (χ0v) is 9.37. The normalized spacial score (nSPS) is 17.2. The van der Waals surface area contributed by atoms with E-state index in [1.54, 1.807) is 0 Å². The Morgan fingerprint density at radius 2 is 1.56 bits per heavy atom. The molecule has 6 N–H and O–H groups in total. The second-order valence-corrected chi connectivity index (χ2v) is 4.31. The Morgan fingerprint density at radius 1 is 1.06 bits per heavy atom. The Labute approximate surface area is 95.1 Å². The van der Waals surface area contributed by atoms with Crippen LogP contribution in [0.15, 0.2) is 0 Å². The van der Waals surface area contributed by atoms with E-state index in [0.717, 1.165) is 12.8 Å². The van der Waals surface area contributed by atoms with Gasteiger partial charge in [-0.3, -0.25) is 20.4 Å². The predicted molar refractivity (Wildman–Crippen MR) is 59.3 cm³/mol. The van der Waals surface area contributed by atoms with Crippen molar-refractivity contribution in [2.24, 2.45) is 23.5 Å². The van der Waals surface area contributed by atoms with Crippen molar-refractivity contribution in [3.05, 3.63) is 0 Å². The van der Waals surface area contributed by atoms with Crippen molar-refractivity contribution in [1.82, 2.24) is 10.9 Å². The summed E-state index contributed by atoms with van der Waals surface area (Å²) in [7, 11) is 0. The van der Waals surface area contributed by atoms with Crippen LogP contribution in [0.1, 0.15) is 38.5 Å². The lowest BCUT2D eigenvalue weighted by atomic mass is 9.82. The van der Waals surface area contributed by atoms with Crippen LogP contribution in [0, 0.1) is 11.8 Å². The SMILES string of the molecule is NNC(=O)C(CC1CCCCC1)C(=O)NN. The summed E-state index contributed by atoms with van der Waals surface area (Å²) < 4.78 is 0. The van der Waals surface area contributed by atoms with Gasteiger partial charge in [0, 0.05) is 0 Å². The van der Waals surface area contributed by atoms with E-state index in [9.17, 15) is 9.59 Å². The third kappa shape index (κ3) is 3.46. The highest BCUT2D eigenvalue weighted by atomic mass is 16.2. The van der Waals surface area contributed by atoms with E-state index >= 15 is 0 Å². The highest BCUT2D eigenvalue weighted by Crippen LogP contribution is 2.29. The zero-order chi connectivity index (χ0) is 12.0. The number of hydrazine groups is 2. The standard InChI is InChI=1S/C10H20N4O2/c11-13-9(15)8(10(16)14-12)6-7-4-2-1-3-5-7/h7-8H,1-6,11-12H2,(H,13,15)(H,14,16). The minimum atomic E-state index is -0.766. The maximum absolute atomic E-state index is 11.4. The molecule has 92 valence electrons. The van der Waals surface area contributed by atoms with Gasteiger partial charge in [0.05, 0.1) is 0 Å². The number of amides is 2. The van der Waals surface area contributed by atoms with E-state index in [-0.39, 0.29) is 0 Å². The molecule has 1 saturated carbocycles. The summed E-state index contributed by atoms with van der Waals surface area (Å²) in [5.74, 6) is 8.83. The molecular formula is C10H20N4O2. The van der Waals surface area contributed by atoms with E-state index in [2.05, 4.69) is 0 Å². The molecule has 6 nitrogen and oxygen atoms in total. The summed E-state index contributed by atoms with van der Waals surface area (Å²) in [4.78, 5) is 22.9. The smallest absolute Gasteiger partial charge is 0.246 e. The maximum Gasteiger partial charge on any atom is 0.246 e. The molecule has 0 radical (unpaired) electrons. The van der Waals surface area contributed by atoms with E-state index in [4.69, 9.17) is 11.7 Å². The highest BCUT2D eigenvalue weighted by Gasteiger charge is 2.29. The second-order valence-electron chi connectivity index (χ2n) is 4.31. The third-order valence-corrected chi connectivity index (χ3v) is 3.21. The average Bonchev–Trinajstić information content (AvgIpc) is 2.35. The summed E-state index contributed by atoms with van der Waals surface area (Å²) in [6.45, 7) is 0. The minimum absolute atomic E-state index is 0.424.